The van der Waals surface area contributed by atoms with Gasteiger partial charge in [0.05, 0.1) is 0 Å². The molecule has 0 aliphatic heterocycles. The fourth-order valence-corrected chi connectivity index (χ4v) is 2.86. The van der Waals surface area contributed by atoms with Gasteiger partial charge < -0.3 is 10.6 Å². The molecule has 0 unspecified atom stereocenters. The fourth-order valence-electron chi connectivity index (χ4n) is 2.33. The van der Waals surface area contributed by atoms with Crippen molar-refractivity contribution in [1.29, 1.82) is 0 Å². The number of nitrogens with one attached hydrogen (secondary N) is 2. The van der Waals surface area contributed by atoms with E-state index in [4.69, 9.17) is 23.2 Å². The van der Waals surface area contributed by atoms with Gasteiger partial charge in [-0.1, -0.05) is 41.4 Å². The highest BCUT2D eigenvalue weighted by Crippen LogP contribution is 2.47. The van der Waals surface area contributed by atoms with Crippen LogP contribution in [-0.2, 0) is 9.59 Å². The van der Waals surface area contributed by atoms with E-state index in [2.05, 4.69) is 10.6 Å². The Bertz CT molecular complexity index is 738. The van der Waals surface area contributed by atoms with Crippen LogP contribution in [0, 0.1) is 5.41 Å². The van der Waals surface area contributed by atoms with Crippen LogP contribution in [0.2, 0.25) is 10.0 Å². The first-order valence-corrected chi connectivity index (χ1v) is 7.89. The third-order valence-corrected chi connectivity index (χ3v) is 4.21. The van der Waals surface area contributed by atoms with Gasteiger partial charge in [0.15, 0.2) is 0 Å². The Morgan fingerprint density at radius 2 is 1.35 bits per heavy atom. The van der Waals surface area contributed by atoms with Gasteiger partial charge in [0, 0.05) is 21.4 Å². The van der Waals surface area contributed by atoms with Crippen molar-refractivity contribution in [2.24, 2.45) is 5.41 Å². The Morgan fingerprint density at radius 3 is 1.87 bits per heavy atom. The van der Waals surface area contributed by atoms with Crippen molar-refractivity contribution in [3.63, 3.8) is 0 Å². The number of halogens is 2. The number of para-hydroxylation sites is 1. The van der Waals surface area contributed by atoms with E-state index < -0.39 is 5.41 Å². The zero-order valence-corrected chi connectivity index (χ0v) is 13.6. The molecular weight excluding hydrogens is 335 g/mol. The molecule has 1 fully saturated rings. The second-order valence-electron chi connectivity index (χ2n) is 5.51. The molecule has 3 rings (SSSR count). The molecule has 4 nitrogen and oxygen atoms in total. The molecule has 6 heteroatoms. The van der Waals surface area contributed by atoms with E-state index in [1.165, 1.54) is 0 Å². The van der Waals surface area contributed by atoms with Crippen molar-refractivity contribution in [2.75, 3.05) is 10.6 Å². The number of carbonyl (C=O) groups excluding carboxylic acids is 2. The molecule has 0 spiro atoms. The van der Waals surface area contributed by atoms with E-state index in [9.17, 15) is 9.59 Å². The lowest BCUT2D eigenvalue weighted by Gasteiger charge is -2.15. The van der Waals surface area contributed by atoms with Crippen LogP contribution >= 0.6 is 23.2 Å². The lowest BCUT2D eigenvalue weighted by atomic mass is 10.0. The standard InChI is InChI=1S/C17H14Cl2N2O2/c18-11-8-12(19)10-14(9-11)21-16(23)17(6-7-17)15(22)20-13-4-2-1-3-5-13/h1-5,8-10H,6-7H2,(H,20,22)(H,21,23). The minimum absolute atomic E-state index is 0.297. The van der Waals surface area contributed by atoms with Gasteiger partial charge in [-0.2, -0.15) is 0 Å². The molecule has 2 aromatic carbocycles. The molecule has 118 valence electrons. The maximum atomic E-state index is 12.5. The average molecular weight is 349 g/mol. The van der Waals surface area contributed by atoms with Gasteiger partial charge in [0.1, 0.15) is 5.41 Å². The topological polar surface area (TPSA) is 58.2 Å². The van der Waals surface area contributed by atoms with E-state index in [-0.39, 0.29) is 11.8 Å². The number of hydrogen-bond acceptors (Lipinski definition) is 2. The quantitative estimate of drug-likeness (QED) is 0.807. The summed E-state index contributed by atoms with van der Waals surface area (Å²) < 4.78 is 0. The van der Waals surface area contributed by atoms with E-state index >= 15 is 0 Å². The largest absolute Gasteiger partial charge is 0.325 e. The first kappa shape index (κ1) is 15.8. The highest BCUT2D eigenvalue weighted by Gasteiger charge is 2.56. The van der Waals surface area contributed by atoms with Gasteiger partial charge in [-0.25, -0.2) is 0 Å². The van der Waals surface area contributed by atoms with Gasteiger partial charge in [-0.15, -0.1) is 0 Å². The molecular formula is C17H14Cl2N2O2. The Balaban J connectivity index is 1.72. The minimum Gasteiger partial charge on any atom is -0.325 e. The van der Waals surface area contributed by atoms with Gasteiger partial charge in [-0.05, 0) is 43.2 Å². The minimum atomic E-state index is -1.02. The Hall–Kier alpha value is -2.04. The normalized spacial score (nSPS) is 14.9. The number of anilines is 2. The number of benzene rings is 2. The van der Waals surface area contributed by atoms with Crippen LogP contribution in [0.15, 0.2) is 48.5 Å². The summed E-state index contributed by atoms with van der Waals surface area (Å²) in [7, 11) is 0. The van der Waals surface area contributed by atoms with Crippen molar-refractivity contribution in [3.05, 3.63) is 58.6 Å². The van der Waals surface area contributed by atoms with Crippen molar-refractivity contribution in [3.8, 4) is 0 Å². The van der Waals surface area contributed by atoms with E-state index in [1.54, 1.807) is 30.3 Å². The van der Waals surface area contributed by atoms with Crippen LogP contribution in [0.5, 0.6) is 0 Å². The number of hydrogen-bond donors (Lipinski definition) is 2. The smallest absolute Gasteiger partial charge is 0.240 e. The molecule has 2 aromatic rings. The molecule has 0 saturated heterocycles. The van der Waals surface area contributed by atoms with Gasteiger partial charge >= 0.3 is 0 Å². The zero-order chi connectivity index (χ0) is 16.4. The van der Waals surface area contributed by atoms with Crippen LogP contribution in [0.25, 0.3) is 0 Å². The summed E-state index contributed by atoms with van der Waals surface area (Å²) >= 11 is 11.8. The molecule has 0 radical (unpaired) electrons. The molecule has 2 amide bonds. The van der Waals surface area contributed by atoms with Crippen LogP contribution in [0.3, 0.4) is 0 Å². The Morgan fingerprint density at radius 1 is 0.826 bits per heavy atom. The van der Waals surface area contributed by atoms with Gasteiger partial charge in [-0.3, -0.25) is 9.59 Å². The summed E-state index contributed by atoms with van der Waals surface area (Å²) in [5.74, 6) is -0.640. The van der Waals surface area contributed by atoms with Crippen LogP contribution < -0.4 is 10.6 Å². The second-order valence-corrected chi connectivity index (χ2v) is 6.39. The number of rotatable bonds is 4. The Labute approximate surface area is 143 Å². The second kappa shape index (κ2) is 6.22. The highest BCUT2D eigenvalue weighted by atomic mass is 35.5. The molecule has 0 heterocycles. The predicted octanol–water partition coefficient (Wildman–Crippen LogP) is 4.35. The molecule has 0 bridgehead atoms. The van der Waals surface area contributed by atoms with E-state index in [0.717, 1.165) is 0 Å². The number of amides is 2. The summed E-state index contributed by atoms with van der Waals surface area (Å²) in [6, 6.07) is 13.8. The maximum Gasteiger partial charge on any atom is 0.240 e. The molecule has 0 aromatic heterocycles. The third kappa shape index (κ3) is 3.49. The summed E-state index contributed by atoms with van der Waals surface area (Å²) in [6.45, 7) is 0. The summed E-state index contributed by atoms with van der Waals surface area (Å²) in [5.41, 5.74) is 0.124. The Kier molecular flexibility index (Phi) is 4.28. The zero-order valence-electron chi connectivity index (χ0n) is 12.1. The molecule has 0 atom stereocenters. The lowest BCUT2D eigenvalue weighted by Crippen LogP contribution is -2.35. The molecule has 1 aliphatic rings. The van der Waals surface area contributed by atoms with Gasteiger partial charge in [0.2, 0.25) is 11.8 Å². The fraction of sp³-hybridized carbons (Fsp3) is 0.176. The van der Waals surface area contributed by atoms with Crippen molar-refractivity contribution >= 4 is 46.4 Å². The maximum absolute atomic E-state index is 12.5. The molecule has 23 heavy (non-hydrogen) atoms. The monoisotopic (exact) mass is 348 g/mol. The summed E-state index contributed by atoms with van der Waals surface area (Å²) in [5, 5.41) is 6.35. The molecule has 1 saturated carbocycles. The summed E-state index contributed by atoms with van der Waals surface area (Å²) in [4.78, 5) is 24.9. The van der Waals surface area contributed by atoms with Crippen molar-refractivity contribution in [2.45, 2.75) is 12.8 Å². The molecule has 2 N–H and O–H groups in total. The SMILES string of the molecule is O=C(Nc1ccccc1)C1(C(=O)Nc2cc(Cl)cc(Cl)c2)CC1. The van der Waals surface area contributed by atoms with E-state index in [0.29, 0.717) is 34.3 Å². The average Bonchev–Trinajstić information content (AvgIpc) is 3.29. The van der Waals surface area contributed by atoms with Crippen molar-refractivity contribution < 1.29 is 9.59 Å². The third-order valence-electron chi connectivity index (χ3n) is 3.77. The number of carbonyl (C=O) groups is 2. The molecule has 1 aliphatic carbocycles. The van der Waals surface area contributed by atoms with Gasteiger partial charge in [0.25, 0.3) is 0 Å². The first-order valence-electron chi connectivity index (χ1n) is 7.14. The predicted molar refractivity (Wildman–Crippen MR) is 91.8 cm³/mol. The first-order chi connectivity index (χ1) is 11.0. The van der Waals surface area contributed by atoms with Crippen LogP contribution in [-0.4, -0.2) is 11.8 Å². The van der Waals surface area contributed by atoms with Crippen molar-refractivity contribution in [1.82, 2.24) is 0 Å². The van der Waals surface area contributed by atoms with E-state index in [1.807, 2.05) is 18.2 Å². The van der Waals surface area contributed by atoms with Crippen LogP contribution in [0.1, 0.15) is 12.8 Å². The summed E-state index contributed by atoms with van der Waals surface area (Å²) in [6.07, 6.45) is 1.04. The highest BCUT2D eigenvalue weighted by molar-refractivity contribution is 6.35. The van der Waals surface area contributed by atoms with Crippen LogP contribution in [0.4, 0.5) is 11.4 Å². The lowest BCUT2D eigenvalue weighted by molar-refractivity contribution is -0.131.